The van der Waals surface area contributed by atoms with Gasteiger partial charge in [0.2, 0.25) is 0 Å². The second-order valence-corrected chi connectivity index (χ2v) is 9.13. The van der Waals surface area contributed by atoms with Crippen LogP contribution in [-0.2, 0) is 22.7 Å². The Kier molecular flexibility index (Phi) is 6.91. The van der Waals surface area contributed by atoms with E-state index < -0.39 is 17.7 Å². The fourth-order valence-electron chi connectivity index (χ4n) is 4.61. The smallest absolute Gasteiger partial charge is 0.295 e. The highest BCUT2D eigenvalue weighted by Crippen LogP contribution is 2.41. The lowest BCUT2D eigenvalue weighted by Crippen LogP contribution is -2.29. The number of ether oxygens (including phenoxy) is 1. The highest BCUT2D eigenvalue weighted by molar-refractivity contribution is 6.46. The predicted octanol–water partition coefficient (Wildman–Crippen LogP) is 5.30. The number of ketones is 1. The zero-order valence-corrected chi connectivity index (χ0v) is 20.7. The molecule has 1 saturated heterocycles. The summed E-state index contributed by atoms with van der Waals surface area (Å²) in [6, 6.07) is 24.0. The molecule has 1 aliphatic rings. The molecule has 1 aromatic heterocycles. The average molecular weight is 507 g/mol. The van der Waals surface area contributed by atoms with Crippen LogP contribution in [0.25, 0.3) is 5.76 Å². The van der Waals surface area contributed by atoms with Gasteiger partial charge in [-0.3, -0.25) is 14.6 Å². The van der Waals surface area contributed by atoms with Crippen LogP contribution in [0.2, 0.25) is 0 Å². The number of rotatable bonds is 7. The Balaban J connectivity index is 1.52. The molecule has 1 fully saturated rings. The molecule has 0 aliphatic carbocycles. The molecule has 2 heterocycles. The van der Waals surface area contributed by atoms with Crippen molar-refractivity contribution in [1.82, 2.24) is 9.88 Å². The third-order valence-corrected chi connectivity index (χ3v) is 6.53. The standard InChI is InChI=1S/C31H26N2O5/c1-20-16-25(38-19-21-6-3-2-4-7-21)13-14-26(20)29(35)27-28(23-9-11-24(34)12-10-23)33(31(37)30(27)36)18-22-8-5-15-32-17-22/h2-17,28,34-35H,18-19H2,1H3/b29-27-. The molecule has 5 rings (SSSR count). The van der Waals surface area contributed by atoms with Crippen LogP contribution in [-0.4, -0.2) is 31.8 Å². The fraction of sp³-hybridized carbons (Fsp3) is 0.129. The highest BCUT2D eigenvalue weighted by Gasteiger charge is 2.46. The number of aliphatic hydroxyl groups excluding tert-OH is 1. The number of nitrogens with zero attached hydrogens (tertiary/aromatic N) is 2. The number of pyridine rings is 1. The number of hydrogen-bond acceptors (Lipinski definition) is 6. The number of carbonyl (C=O) groups is 2. The molecule has 1 atom stereocenters. The van der Waals surface area contributed by atoms with Crippen molar-refractivity contribution in [2.75, 3.05) is 0 Å². The summed E-state index contributed by atoms with van der Waals surface area (Å²) in [5.74, 6) is -1.07. The lowest BCUT2D eigenvalue weighted by atomic mass is 9.93. The van der Waals surface area contributed by atoms with Crippen LogP contribution in [0.15, 0.2) is 103 Å². The number of aryl methyl sites for hydroxylation is 1. The molecular weight excluding hydrogens is 480 g/mol. The van der Waals surface area contributed by atoms with E-state index in [0.717, 1.165) is 11.1 Å². The molecule has 4 aromatic rings. The van der Waals surface area contributed by atoms with E-state index in [4.69, 9.17) is 4.74 Å². The Morgan fingerprint density at radius 1 is 0.947 bits per heavy atom. The van der Waals surface area contributed by atoms with Crippen molar-refractivity contribution in [2.24, 2.45) is 0 Å². The molecule has 0 saturated carbocycles. The summed E-state index contributed by atoms with van der Waals surface area (Å²) in [5.41, 5.74) is 3.48. The number of phenolic OH excluding ortho intramolecular Hbond substituents is 1. The van der Waals surface area contributed by atoms with Crippen LogP contribution in [0.1, 0.15) is 33.9 Å². The van der Waals surface area contributed by atoms with Crippen molar-refractivity contribution in [1.29, 1.82) is 0 Å². The number of hydrogen-bond donors (Lipinski definition) is 2. The number of carbonyl (C=O) groups excluding carboxylic acids is 2. The SMILES string of the molecule is Cc1cc(OCc2ccccc2)ccc1/C(O)=C1/C(=O)C(=O)N(Cc2cccnc2)C1c1ccc(O)cc1. The molecule has 2 N–H and O–H groups in total. The van der Waals surface area contributed by atoms with Crippen molar-refractivity contribution in [3.8, 4) is 11.5 Å². The largest absolute Gasteiger partial charge is 0.508 e. The zero-order chi connectivity index (χ0) is 26.6. The quantitative estimate of drug-likeness (QED) is 0.201. The summed E-state index contributed by atoms with van der Waals surface area (Å²) >= 11 is 0. The van der Waals surface area contributed by atoms with Crippen LogP contribution < -0.4 is 4.74 Å². The molecule has 0 radical (unpaired) electrons. The van der Waals surface area contributed by atoms with E-state index in [-0.39, 0.29) is 23.6 Å². The number of aromatic hydroxyl groups is 1. The number of Topliss-reactive ketones (excluding diaryl/α,β-unsaturated/α-hetero) is 1. The van der Waals surface area contributed by atoms with Gasteiger partial charge < -0.3 is 19.8 Å². The van der Waals surface area contributed by atoms with Crippen molar-refractivity contribution >= 4 is 17.4 Å². The zero-order valence-electron chi connectivity index (χ0n) is 20.7. The van der Waals surface area contributed by atoms with Gasteiger partial charge in [-0.25, -0.2) is 0 Å². The van der Waals surface area contributed by atoms with Crippen molar-refractivity contribution in [3.63, 3.8) is 0 Å². The number of likely N-dealkylation sites (tertiary alicyclic amines) is 1. The van der Waals surface area contributed by atoms with Gasteiger partial charge in [-0.1, -0.05) is 48.5 Å². The Hall–Kier alpha value is -4.91. The first-order valence-corrected chi connectivity index (χ1v) is 12.2. The van der Waals surface area contributed by atoms with Gasteiger partial charge in [-0.15, -0.1) is 0 Å². The van der Waals surface area contributed by atoms with Crippen LogP contribution >= 0.6 is 0 Å². The molecule has 7 nitrogen and oxygen atoms in total. The first-order valence-electron chi connectivity index (χ1n) is 12.2. The van der Waals surface area contributed by atoms with E-state index in [1.165, 1.54) is 17.0 Å². The molecule has 3 aromatic carbocycles. The minimum atomic E-state index is -0.843. The van der Waals surface area contributed by atoms with E-state index in [0.29, 0.717) is 29.0 Å². The van der Waals surface area contributed by atoms with Gasteiger partial charge in [0.05, 0.1) is 11.6 Å². The molecule has 1 aliphatic heterocycles. The molecule has 1 unspecified atom stereocenters. The second-order valence-electron chi connectivity index (χ2n) is 9.13. The summed E-state index contributed by atoms with van der Waals surface area (Å²) < 4.78 is 5.90. The molecule has 38 heavy (non-hydrogen) atoms. The van der Waals surface area contributed by atoms with E-state index in [9.17, 15) is 19.8 Å². The number of amides is 1. The van der Waals surface area contributed by atoms with Crippen molar-refractivity contribution in [3.05, 3.63) is 131 Å². The lowest BCUT2D eigenvalue weighted by molar-refractivity contribution is -0.140. The van der Waals surface area contributed by atoms with Gasteiger partial charge in [0.15, 0.2) is 0 Å². The molecule has 1 amide bonds. The van der Waals surface area contributed by atoms with E-state index in [1.54, 1.807) is 48.8 Å². The number of benzene rings is 3. The molecule has 0 bridgehead atoms. The van der Waals surface area contributed by atoms with Crippen LogP contribution in [0.4, 0.5) is 0 Å². The summed E-state index contributed by atoms with van der Waals surface area (Å²) in [4.78, 5) is 32.0. The summed E-state index contributed by atoms with van der Waals surface area (Å²) in [5, 5.41) is 21.2. The van der Waals surface area contributed by atoms with Gasteiger partial charge in [0, 0.05) is 24.5 Å². The molecule has 190 valence electrons. The topological polar surface area (TPSA) is 100.0 Å². The second kappa shape index (κ2) is 10.6. The normalized spacial score (nSPS) is 16.6. The maximum Gasteiger partial charge on any atom is 0.295 e. The Bertz CT molecular complexity index is 1500. The third kappa shape index (κ3) is 4.99. The van der Waals surface area contributed by atoms with E-state index >= 15 is 0 Å². The van der Waals surface area contributed by atoms with Crippen LogP contribution in [0, 0.1) is 6.92 Å². The minimum Gasteiger partial charge on any atom is -0.508 e. The van der Waals surface area contributed by atoms with Crippen molar-refractivity contribution in [2.45, 2.75) is 26.1 Å². The average Bonchev–Trinajstić information content (AvgIpc) is 3.18. The van der Waals surface area contributed by atoms with Crippen molar-refractivity contribution < 1.29 is 24.5 Å². The first kappa shape index (κ1) is 24.8. The van der Waals surface area contributed by atoms with E-state index in [2.05, 4.69) is 4.98 Å². The van der Waals surface area contributed by atoms with Gasteiger partial charge in [-0.2, -0.15) is 0 Å². The van der Waals surface area contributed by atoms with Gasteiger partial charge >= 0.3 is 0 Å². The molecular formula is C31H26N2O5. The summed E-state index contributed by atoms with van der Waals surface area (Å²) in [6.07, 6.45) is 3.26. The van der Waals surface area contributed by atoms with Crippen LogP contribution in [0.3, 0.4) is 0 Å². The predicted molar refractivity (Wildman–Crippen MR) is 142 cm³/mol. The Morgan fingerprint density at radius 2 is 1.68 bits per heavy atom. The van der Waals surface area contributed by atoms with Crippen LogP contribution in [0.5, 0.6) is 11.5 Å². The Morgan fingerprint density at radius 3 is 2.37 bits per heavy atom. The number of aliphatic hydroxyl groups is 1. The number of aromatic nitrogens is 1. The molecule has 7 heteroatoms. The van der Waals surface area contributed by atoms with E-state index in [1.807, 2.05) is 43.3 Å². The lowest BCUT2D eigenvalue weighted by Gasteiger charge is -2.25. The van der Waals surface area contributed by atoms with Gasteiger partial charge in [-0.05, 0) is 65.6 Å². The maximum atomic E-state index is 13.3. The third-order valence-electron chi connectivity index (χ3n) is 6.53. The maximum absolute atomic E-state index is 13.3. The Labute approximate surface area is 220 Å². The first-order chi connectivity index (χ1) is 18.4. The summed E-state index contributed by atoms with van der Waals surface area (Å²) in [7, 11) is 0. The summed E-state index contributed by atoms with van der Waals surface area (Å²) in [6.45, 7) is 2.34. The number of phenols is 1. The van der Waals surface area contributed by atoms with Gasteiger partial charge in [0.1, 0.15) is 23.9 Å². The molecule has 0 spiro atoms. The fourth-order valence-corrected chi connectivity index (χ4v) is 4.61. The monoisotopic (exact) mass is 506 g/mol. The minimum absolute atomic E-state index is 0.00867. The van der Waals surface area contributed by atoms with Gasteiger partial charge in [0.25, 0.3) is 11.7 Å². The highest BCUT2D eigenvalue weighted by atomic mass is 16.5.